The number of thiophene rings is 2. The predicted molar refractivity (Wildman–Crippen MR) is 65.8 cm³/mol. The molecule has 0 aliphatic rings. The lowest BCUT2D eigenvalue weighted by Gasteiger charge is -2.10. The first-order chi connectivity index (χ1) is 8.43. The molecule has 0 atom stereocenters. The molecule has 0 unspecified atom stereocenters. The van der Waals surface area contributed by atoms with Gasteiger partial charge in [0.1, 0.15) is 0 Å². The van der Waals surface area contributed by atoms with Gasteiger partial charge in [0, 0.05) is 42.8 Å². The van der Waals surface area contributed by atoms with Crippen LogP contribution in [0.1, 0.15) is 30.5 Å². The Labute approximate surface area is 111 Å². The summed E-state index contributed by atoms with van der Waals surface area (Å²) >= 11 is 2.51. The molecule has 0 aromatic carbocycles. The number of aromatic carboxylic acids is 2. The highest BCUT2D eigenvalue weighted by molar-refractivity contribution is 7.11. The molecule has 0 N–H and O–H groups in total. The van der Waals surface area contributed by atoms with Crippen molar-refractivity contribution in [3.63, 3.8) is 0 Å². The van der Waals surface area contributed by atoms with Crippen molar-refractivity contribution in [2.24, 2.45) is 0 Å². The Morgan fingerprint density at radius 3 is 1.50 bits per heavy atom. The van der Waals surface area contributed by atoms with Gasteiger partial charge in [-0.1, -0.05) is 0 Å². The summed E-state index contributed by atoms with van der Waals surface area (Å²) in [5, 5.41) is 25.1. The van der Waals surface area contributed by atoms with E-state index in [4.69, 9.17) is 0 Å². The molecule has 2 heterocycles. The highest BCUT2D eigenvalue weighted by Gasteiger charge is 2.19. The molecular weight excluding hydrogens is 272 g/mol. The zero-order valence-electron chi connectivity index (χ0n) is 9.60. The van der Waals surface area contributed by atoms with E-state index in [-0.39, 0.29) is 11.1 Å². The molecule has 18 heavy (non-hydrogen) atoms. The number of rotatable bonds is 3. The quantitative estimate of drug-likeness (QED) is 0.833. The highest BCUT2D eigenvalue weighted by Crippen LogP contribution is 2.38. The van der Waals surface area contributed by atoms with E-state index in [0.29, 0.717) is 11.1 Å². The minimum Gasteiger partial charge on any atom is -0.545 e. The first-order valence-electron chi connectivity index (χ1n) is 5.02. The number of hydrogen-bond acceptors (Lipinski definition) is 6. The van der Waals surface area contributed by atoms with Gasteiger partial charge in [0.05, 0.1) is 11.9 Å². The number of carboxylic acids is 2. The third-order valence-electron chi connectivity index (χ3n) is 2.64. The number of carboxylic acid groups (broad SMARTS) is 2. The summed E-state index contributed by atoms with van der Waals surface area (Å²) in [6.07, 6.45) is 0. The van der Waals surface area contributed by atoms with Crippen molar-refractivity contribution in [1.29, 1.82) is 0 Å². The van der Waals surface area contributed by atoms with E-state index in [1.165, 1.54) is 33.4 Å². The number of aryl methyl sites for hydroxylation is 2. The van der Waals surface area contributed by atoms with Crippen molar-refractivity contribution in [3.8, 4) is 11.1 Å². The van der Waals surface area contributed by atoms with E-state index in [0.717, 1.165) is 9.75 Å². The number of hydrogen-bond donors (Lipinski definition) is 0. The van der Waals surface area contributed by atoms with Crippen LogP contribution in [-0.4, -0.2) is 11.9 Å². The fraction of sp³-hybridized carbons (Fsp3) is 0.167. The molecule has 0 spiro atoms. The Kier molecular flexibility index (Phi) is 3.23. The van der Waals surface area contributed by atoms with Crippen molar-refractivity contribution in [3.05, 3.63) is 31.6 Å². The zero-order valence-corrected chi connectivity index (χ0v) is 11.2. The molecule has 6 heteroatoms. The Balaban J connectivity index is 2.76. The summed E-state index contributed by atoms with van der Waals surface area (Å²) in [4.78, 5) is 23.6. The van der Waals surface area contributed by atoms with E-state index < -0.39 is 11.9 Å². The summed E-state index contributed by atoms with van der Waals surface area (Å²) in [6, 6.07) is 0. The van der Waals surface area contributed by atoms with Gasteiger partial charge < -0.3 is 19.8 Å². The van der Waals surface area contributed by atoms with Gasteiger partial charge in [-0.25, -0.2) is 0 Å². The van der Waals surface area contributed by atoms with Gasteiger partial charge in [-0.15, -0.1) is 22.7 Å². The molecule has 2 rings (SSSR count). The van der Waals surface area contributed by atoms with Crippen LogP contribution < -0.4 is 10.2 Å². The maximum atomic E-state index is 11.1. The van der Waals surface area contributed by atoms with E-state index in [2.05, 4.69) is 0 Å². The van der Waals surface area contributed by atoms with Crippen LogP contribution in [0.15, 0.2) is 10.8 Å². The van der Waals surface area contributed by atoms with E-state index >= 15 is 0 Å². The predicted octanol–water partition coefficient (Wildman–Crippen LogP) is 0.820. The Morgan fingerprint density at radius 1 is 0.889 bits per heavy atom. The van der Waals surface area contributed by atoms with Crippen molar-refractivity contribution < 1.29 is 19.8 Å². The largest absolute Gasteiger partial charge is 0.545 e. The lowest BCUT2D eigenvalue weighted by atomic mass is 9.99. The number of carbonyl (C=O) groups excluding carboxylic acids is 2. The standard InChI is InChI=1S/C12H10O4S2/c1-5-9(7(3-17-5)11(13)14)10-6(2)18-4-8(10)12(15)16/h3-4H,1-2H3,(H,13,14)(H,15,16)/p-2. The summed E-state index contributed by atoms with van der Waals surface area (Å²) in [6.45, 7) is 3.51. The van der Waals surface area contributed by atoms with Gasteiger partial charge >= 0.3 is 0 Å². The first-order valence-corrected chi connectivity index (χ1v) is 6.78. The van der Waals surface area contributed by atoms with Crippen LogP contribution in [0.2, 0.25) is 0 Å². The third-order valence-corrected chi connectivity index (χ3v) is 4.46. The second-order valence-electron chi connectivity index (χ2n) is 3.74. The lowest BCUT2D eigenvalue weighted by Crippen LogP contribution is -2.24. The monoisotopic (exact) mass is 280 g/mol. The Morgan fingerprint density at radius 2 is 1.22 bits per heavy atom. The average Bonchev–Trinajstić information content (AvgIpc) is 2.81. The molecule has 0 radical (unpaired) electrons. The molecule has 0 bridgehead atoms. The maximum Gasteiger partial charge on any atom is 0.0730 e. The van der Waals surface area contributed by atoms with Crippen LogP contribution >= 0.6 is 22.7 Å². The molecule has 0 aliphatic carbocycles. The second-order valence-corrected chi connectivity index (χ2v) is 5.90. The van der Waals surface area contributed by atoms with Crippen LogP contribution in [0, 0.1) is 13.8 Å². The topological polar surface area (TPSA) is 80.3 Å². The summed E-state index contributed by atoms with van der Waals surface area (Å²) in [7, 11) is 0. The van der Waals surface area contributed by atoms with Crippen molar-refractivity contribution in [1.82, 2.24) is 0 Å². The molecule has 0 saturated heterocycles. The van der Waals surface area contributed by atoms with Gasteiger partial charge in [-0.3, -0.25) is 0 Å². The van der Waals surface area contributed by atoms with Crippen LogP contribution in [-0.2, 0) is 0 Å². The molecule has 0 aliphatic heterocycles. The molecule has 0 amide bonds. The SMILES string of the molecule is Cc1scc(C(=O)[O-])c1-c1c(C(=O)[O-])csc1C. The zero-order chi connectivity index (χ0) is 13.4. The normalized spacial score (nSPS) is 10.6. The van der Waals surface area contributed by atoms with Crippen LogP contribution in [0.5, 0.6) is 0 Å². The fourth-order valence-electron chi connectivity index (χ4n) is 1.83. The van der Waals surface area contributed by atoms with Gasteiger partial charge in [0.15, 0.2) is 0 Å². The van der Waals surface area contributed by atoms with Gasteiger partial charge in [0.2, 0.25) is 0 Å². The molecule has 94 valence electrons. The molecule has 2 aromatic heterocycles. The van der Waals surface area contributed by atoms with Crippen LogP contribution in [0.3, 0.4) is 0 Å². The second kappa shape index (κ2) is 4.55. The first kappa shape index (κ1) is 12.8. The molecule has 0 saturated carbocycles. The van der Waals surface area contributed by atoms with E-state index in [1.54, 1.807) is 13.8 Å². The van der Waals surface area contributed by atoms with Crippen LogP contribution in [0.25, 0.3) is 11.1 Å². The molecule has 0 fully saturated rings. The van der Waals surface area contributed by atoms with Crippen molar-refractivity contribution in [2.75, 3.05) is 0 Å². The van der Waals surface area contributed by atoms with E-state index in [1.807, 2.05) is 0 Å². The van der Waals surface area contributed by atoms with Crippen LogP contribution in [0.4, 0.5) is 0 Å². The smallest absolute Gasteiger partial charge is 0.0730 e. The summed E-state index contributed by atoms with van der Waals surface area (Å²) < 4.78 is 0. The minimum atomic E-state index is -1.30. The maximum absolute atomic E-state index is 11.1. The van der Waals surface area contributed by atoms with Gasteiger partial charge in [0.25, 0.3) is 0 Å². The molecule has 2 aromatic rings. The highest BCUT2D eigenvalue weighted by atomic mass is 32.1. The number of carbonyl (C=O) groups is 2. The summed E-state index contributed by atoms with van der Waals surface area (Å²) in [5.74, 6) is -2.60. The Bertz CT molecular complexity index is 580. The molecule has 4 nitrogen and oxygen atoms in total. The van der Waals surface area contributed by atoms with Crippen molar-refractivity contribution >= 4 is 34.6 Å². The third kappa shape index (κ3) is 1.93. The minimum absolute atomic E-state index is 0.0292. The summed E-state index contributed by atoms with van der Waals surface area (Å²) in [5.41, 5.74) is 0.916. The van der Waals surface area contributed by atoms with Crippen molar-refractivity contribution in [2.45, 2.75) is 13.8 Å². The van der Waals surface area contributed by atoms with E-state index in [9.17, 15) is 19.8 Å². The average molecular weight is 280 g/mol. The lowest BCUT2D eigenvalue weighted by molar-refractivity contribution is -0.256. The molecular formula is C12H8O4S2-2. The van der Waals surface area contributed by atoms with Gasteiger partial charge in [-0.2, -0.15) is 0 Å². The van der Waals surface area contributed by atoms with Gasteiger partial charge in [-0.05, 0) is 13.8 Å². The fourth-order valence-corrected chi connectivity index (χ4v) is 3.51. The Hall–Kier alpha value is -1.66.